The first kappa shape index (κ1) is 14.8. The van der Waals surface area contributed by atoms with Gasteiger partial charge in [0.2, 0.25) is 0 Å². The zero-order valence-electron chi connectivity index (χ0n) is 10.9. The molecule has 0 radical (unpaired) electrons. The number of rotatable bonds is 5. The van der Waals surface area contributed by atoms with E-state index in [1.165, 1.54) is 47.2 Å². The zero-order valence-corrected chi connectivity index (χ0v) is 14.1. The molecule has 1 aliphatic rings. The normalized spacial score (nSPS) is 24.1. The predicted molar refractivity (Wildman–Crippen MR) is 89.4 cm³/mol. The smallest absolute Gasteiger partial charge is 0.0751 e. The van der Waals surface area contributed by atoms with Gasteiger partial charge in [-0.1, -0.05) is 54.2 Å². The third-order valence-electron chi connectivity index (χ3n) is 3.32. The molecule has 1 fully saturated rings. The van der Waals surface area contributed by atoms with Crippen molar-refractivity contribution in [2.75, 3.05) is 11.5 Å². The molecule has 0 atom stereocenters. The van der Waals surface area contributed by atoms with Gasteiger partial charge in [0.1, 0.15) is 0 Å². The highest BCUT2D eigenvalue weighted by Gasteiger charge is 2.22. The molecule has 1 aliphatic heterocycles. The molecule has 0 N–H and O–H groups in total. The Kier molecular flexibility index (Phi) is 6.46. The zero-order chi connectivity index (χ0) is 12.8. The quantitative estimate of drug-likeness (QED) is 0.589. The van der Waals surface area contributed by atoms with Gasteiger partial charge in [-0.3, -0.25) is 0 Å². The average molecular weight is 345 g/mol. The van der Waals surface area contributed by atoms with E-state index in [4.69, 9.17) is 0 Å². The van der Waals surface area contributed by atoms with E-state index in [9.17, 15) is 0 Å². The summed E-state index contributed by atoms with van der Waals surface area (Å²) in [5.74, 6) is 3.63. The molecule has 0 saturated carbocycles. The fourth-order valence-electron chi connectivity index (χ4n) is 2.21. The summed E-state index contributed by atoms with van der Waals surface area (Å²) < 4.78 is 1.83. The number of benzene rings is 1. The minimum absolute atomic E-state index is 0.653. The second kappa shape index (κ2) is 7.86. The summed E-state index contributed by atoms with van der Waals surface area (Å²) in [5.41, 5.74) is 1.47. The molecule has 0 amide bonds. The minimum Gasteiger partial charge on any atom is -0.142 e. The first-order chi connectivity index (χ1) is 8.79. The number of hydrogen-bond donors (Lipinski definition) is 0. The van der Waals surface area contributed by atoms with Crippen LogP contribution in [-0.4, -0.2) is 11.5 Å². The van der Waals surface area contributed by atoms with Crippen molar-refractivity contribution in [2.45, 2.75) is 37.2 Å². The lowest BCUT2D eigenvalue weighted by Gasteiger charge is -2.28. The molecule has 0 aliphatic carbocycles. The Bertz CT molecular complexity index is 342. The second-order valence-electron chi connectivity index (χ2n) is 4.91. The van der Waals surface area contributed by atoms with E-state index in [1.807, 2.05) is 0 Å². The van der Waals surface area contributed by atoms with E-state index >= 15 is 0 Å². The molecule has 0 nitrogen and oxygen atoms in total. The average Bonchev–Trinajstić information content (AvgIpc) is 2.41. The summed E-state index contributed by atoms with van der Waals surface area (Å²) in [7, 11) is 0. The third-order valence-corrected chi connectivity index (χ3v) is 7.15. The minimum atomic E-state index is 0.653. The monoisotopic (exact) mass is 344 g/mol. The second-order valence-corrected chi connectivity index (χ2v) is 8.40. The Labute approximate surface area is 128 Å². The Morgan fingerprint density at radius 3 is 2.39 bits per heavy atom. The van der Waals surface area contributed by atoms with Crippen LogP contribution in [0.5, 0.6) is 0 Å². The number of unbranched alkanes of at least 4 members (excludes halogenated alkanes) is 2. The molecule has 0 unspecified atom stereocenters. The largest absolute Gasteiger partial charge is 0.142 e. The van der Waals surface area contributed by atoms with Crippen LogP contribution >= 0.6 is 39.5 Å². The first-order valence-corrected chi connectivity index (χ1v) is 9.67. The van der Waals surface area contributed by atoms with Crippen molar-refractivity contribution < 1.29 is 0 Å². The molecule has 0 bridgehead atoms. The maximum atomic E-state index is 3.50. The van der Waals surface area contributed by atoms with E-state index in [-0.39, 0.29) is 0 Å². The van der Waals surface area contributed by atoms with Gasteiger partial charge in [0.05, 0.1) is 4.58 Å². The van der Waals surface area contributed by atoms with Gasteiger partial charge in [-0.15, -0.1) is 23.5 Å². The molecule has 0 spiro atoms. The highest BCUT2D eigenvalue weighted by molar-refractivity contribution is 9.10. The Hall–Kier alpha value is 0.400. The van der Waals surface area contributed by atoms with Crippen LogP contribution in [0.3, 0.4) is 0 Å². The van der Waals surface area contributed by atoms with Crippen molar-refractivity contribution in [2.24, 2.45) is 5.92 Å². The van der Waals surface area contributed by atoms with E-state index in [0.29, 0.717) is 4.58 Å². The van der Waals surface area contributed by atoms with Gasteiger partial charge in [0.15, 0.2) is 0 Å². The standard InChI is InChI=1S/C15H21BrS2/c1-2-3-4-5-12-10-17-15(18-11-12)13-6-8-14(16)9-7-13/h6-9,12,15H,2-5,10-11H2,1H3. The molecule has 100 valence electrons. The Morgan fingerprint density at radius 2 is 1.78 bits per heavy atom. The third kappa shape index (κ3) is 4.50. The molecule has 3 heteroatoms. The van der Waals surface area contributed by atoms with Crippen molar-refractivity contribution in [3.63, 3.8) is 0 Å². The van der Waals surface area contributed by atoms with Crippen molar-refractivity contribution in [1.82, 2.24) is 0 Å². The summed E-state index contributed by atoms with van der Waals surface area (Å²) in [6.45, 7) is 2.29. The van der Waals surface area contributed by atoms with Gasteiger partial charge in [0.25, 0.3) is 0 Å². The summed E-state index contributed by atoms with van der Waals surface area (Å²) in [4.78, 5) is 0. The topological polar surface area (TPSA) is 0 Å². The van der Waals surface area contributed by atoms with Crippen molar-refractivity contribution in [3.05, 3.63) is 34.3 Å². The maximum absolute atomic E-state index is 3.50. The highest BCUT2D eigenvalue weighted by Crippen LogP contribution is 2.46. The van der Waals surface area contributed by atoms with Crippen LogP contribution in [0.4, 0.5) is 0 Å². The fourth-order valence-corrected chi connectivity index (χ4v) is 5.64. The highest BCUT2D eigenvalue weighted by atomic mass is 79.9. The molecule has 18 heavy (non-hydrogen) atoms. The van der Waals surface area contributed by atoms with Gasteiger partial charge in [-0.25, -0.2) is 0 Å². The molecule has 1 aromatic rings. The van der Waals surface area contributed by atoms with Crippen molar-refractivity contribution in [1.29, 1.82) is 0 Å². The van der Waals surface area contributed by atoms with Crippen LogP contribution in [0.15, 0.2) is 28.7 Å². The van der Waals surface area contributed by atoms with Crippen LogP contribution in [0.25, 0.3) is 0 Å². The fraction of sp³-hybridized carbons (Fsp3) is 0.600. The van der Waals surface area contributed by atoms with Gasteiger partial charge in [-0.2, -0.15) is 0 Å². The molecule has 1 aromatic carbocycles. The van der Waals surface area contributed by atoms with Gasteiger partial charge in [0, 0.05) is 4.47 Å². The molecular weight excluding hydrogens is 324 g/mol. The van der Waals surface area contributed by atoms with Crippen LogP contribution < -0.4 is 0 Å². The number of halogens is 1. The van der Waals surface area contributed by atoms with Crippen molar-refractivity contribution >= 4 is 39.5 Å². The summed E-state index contributed by atoms with van der Waals surface area (Å²) in [6.07, 6.45) is 5.60. The Morgan fingerprint density at radius 1 is 1.11 bits per heavy atom. The van der Waals surface area contributed by atoms with E-state index in [1.54, 1.807) is 0 Å². The van der Waals surface area contributed by atoms with E-state index in [0.717, 1.165) is 5.92 Å². The maximum Gasteiger partial charge on any atom is 0.0751 e. The van der Waals surface area contributed by atoms with Crippen LogP contribution in [0.2, 0.25) is 0 Å². The van der Waals surface area contributed by atoms with Crippen LogP contribution in [0, 0.1) is 5.92 Å². The first-order valence-electron chi connectivity index (χ1n) is 6.78. The molecule has 0 aromatic heterocycles. The summed E-state index contributed by atoms with van der Waals surface area (Å²) >= 11 is 7.77. The Balaban J connectivity index is 1.77. The van der Waals surface area contributed by atoms with Gasteiger partial charge >= 0.3 is 0 Å². The molecule has 1 heterocycles. The van der Waals surface area contributed by atoms with E-state index in [2.05, 4.69) is 70.6 Å². The molecule has 2 rings (SSSR count). The lowest BCUT2D eigenvalue weighted by molar-refractivity contribution is 0.546. The lowest BCUT2D eigenvalue weighted by Crippen LogP contribution is -2.14. The summed E-state index contributed by atoms with van der Waals surface area (Å²) in [5, 5.41) is 0. The van der Waals surface area contributed by atoms with Crippen LogP contribution in [0.1, 0.15) is 42.8 Å². The summed E-state index contributed by atoms with van der Waals surface area (Å²) in [6, 6.07) is 8.83. The molecular formula is C15H21BrS2. The SMILES string of the molecule is CCCCCC1CSC(c2ccc(Br)cc2)SC1. The van der Waals surface area contributed by atoms with E-state index < -0.39 is 0 Å². The predicted octanol–water partition coefficient (Wildman–Crippen LogP) is 6.12. The molecule has 1 saturated heterocycles. The lowest BCUT2D eigenvalue weighted by atomic mass is 10.1. The number of hydrogen-bond acceptors (Lipinski definition) is 2. The van der Waals surface area contributed by atoms with Crippen molar-refractivity contribution in [3.8, 4) is 0 Å². The van der Waals surface area contributed by atoms with Crippen LogP contribution in [-0.2, 0) is 0 Å². The van der Waals surface area contributed by atoms with Gasteiger partial charge < -0.3 is 0 Å². The number of thioether (sulfide) groups is 2. The van der Waals surface area contributed by atoms with Gasteiger partial charge in [-0.05, 0) is 41.5 Å².